The summed E-state index contributed by atoms with van der Waals surface area (Å²) in [5, 5.41) is 15.1. The van der Waals surface area contributed by atoms with Gasteiger partial charge in [0, 0.05) is 24.6 Å². The van der Waals surface area contributed by atoms with Crippen molar-refractivity contribution in [3.8, 4) is 5.75 Å². The number of fused-ring (bicyclic) bond motifs is 1. The average molecular weight is 373 g/mol. The van der Waals surface area contributed by atoms with Crippen molar-refractivity contribution in [2.24, 2.45) is 0 Å². The van der Waals surface area contributed by atoms with Crippen LogP contribution in [0.3, 0.4) is 0 Å². The fraction of sp³-hybridized carbons (Fsp3) is 0.550. The minimum Gasteiger partial charge on any atom is -0.508 e. The molecule has 1 atom stereocenters. The summed E-state index contributed by atoms with van der Waals surface area (Å²) in [6.07, 6.45) is 6.29. The maximum absolute atomic E-state index is 12.2. The Labute approximate surface area is 159 Å². The summed E-state index contributed by atoms with van der Waals surface area (Å²) in [6, 6.07) is 4.78. The SMILES string of the molecule is CCNC1CCCC1.O=C1CCC(N2Cc3cc(O)ccc3C2=O)C(=O)N1. The van der Waals surface area contributed by atoms with Crippen LogP contribution in [-0.4, -0.2) is 46.4 Å². The third kappa shape index (κ3) is 4.47. The van der Waals surface area contributed by atoms with E-state index in [4.69, 9.17) is 0 Å². The van der Waals surface area contributed by atoms with Crippen LogP contribution in [0.1, 0.15) is 61.4 Å². The molecule has 7 heteroatoms. The fourth-order valence-electron chi connectivity index (χ4n) is 3.98. The molecule has 27 heavy (non-hydrogen) atoms. The van der Waals surface area contributed by atoms with E-state index in [1.165, 1.54) is 42.7 Å². The van der Waals surface area contributed by atoms with Crippen LogP contribution in [0.4, 0.5) is 0 Å². The van der Waals surface area contributed by atoms with Crippen LogP contribution >= 0.6 is 0 Å². The second kappa shape index (κ2) is 8.52. The Morgan fingerprint density at radius 1 is 1.19 bits per heavy atom. The molecule has 2 fully saturated rings. The molecular weight excluding hydrogens is 346 g/mol. The number of piperidine rings is 1. The summed E-state index contributed by atoms with van der Waals surface area (Å²) in [4.78, 5) is 36.6. The van der Waals surface area contributed by atoms with E-state index in [0.29, 0.717) is 17.5 Å². The van der Waals surface area contributed by atoms with Gasteiger partial charge in [0.1, 0.15) is 11.8 Å². The number of carbonyl (C=O) groups is 3. The highest BCUT2D eigenvalue weighted by molar-refractivity contribution is 6.05. The van der Waals surface area contributed by atoms with Gasteiger partial charge in [0.25, 0.3) is 5.91 Å². The molecule has 146 valence electrons. The summed E-state index contributed by atoms with van der Waals surface area (Å²) in [6.45, 7) is 3.61. The highest BCUT2D eigenvalue weighted by atomic mass is 16.3. The number of carbonyl (C=O) groups excluding carboxylic acids is 3. The van der Waals surface area contributed by atoms with Crippen molar-refractivity contribution in [1.82, 2.24) is 15.5 Å². The van der Waals surface area contributed by atoms with Crippen LogP contribution in [0.15, 0.2) is 18.2 Å². The van der Waals surface area contributed by atoms with Gasteiger partial charge in [-0.25, -0.2) is 0 Å². The summed E-state index contributed by atoms with van der Waals surface area (Å²) in [7, 11) is 0. The number of imide groups is 1. The molecule has 0 bridgehead atoms. The van der Waals surface area contributed by atoms with Gasteiger partial charge in [0.2, 0.25) is 11.8 Å². The molecule has 1 aliphatic carbocycles. The van der Waals surface area contributed by atoms with Gasteiger partial charge in [-0.1, -0.05) is 19.8 Å². The number of rotatable bonds is 3. The minimum atomic E-state index is -0.611. The molecule has 4 rings (SSSR count). The van der Waals surface area contributed by atoms with Crippen LogP contribution in [0.2, 0.25) is 0 Å². The lowest BCUT2D eigenvalue weighted by Gasteiger charge is -2.29. The Balaban J connectivity index is 0.000000221. The van der Waals surface area contributed by atoms with E-state index in [9.17, 15) is 19.5 Å². The predicted octanol–water partition coefficient (Wildman–Crippen LogP) is 1.69. The maximum Gasteiger partial charge on any atom is 0.255 e. The van der Waals surface area contributed by atoms with E-state index >= 15 is 0 Å². The van der Waals surface area contributed by atoms with Gasteiger partial charge in [-0.15, -0.1) is 0 Å². The number of nitrogens with zero attached hydrogens (tertiary/aromatic N) is 1. The Kier molecular flexibility index (Phi) is 6.11. The van der Waals surface area contributed by atoms with Gasteiger partial charge in [0.15, 0.2) is 0 Å². The van der Waals surface area contributed by atoms with E-state index in [-0.39, 0.29) is 30.5 Å². The second-order valence-corrected chi connectivity index (χ2v) is 7.28. The van der Waals surface area contributed by atoms with Crippen LogP contribution < -0.4 is 10.6 Å². The number of aromatic hydroxyl groups is 1. The molecule has 0 spiro atoms. The van der Waals surface area contributed by atoms with Gasteiger partial charge in [-0.3, -0.25) is 19.7 Å². The number of hydrogen-bond acceptors (Lipinski definition) is 5. The monoisotopic (exact) mass is 373 g/mol. The highest BCUT2D eigenvalue weighted by Crippen LogP contribution is 2.29. The molecule has 1 aromatic carbocycles. The lowest BCUT2D eigenvalue weighted by atomic mass is 10.0. The van der Waals surface area contributed by atoms with Crippen LogP contribution in [0, 0.1) is 0 Å². The normalized spacial score (nSPS) is 22.3. The smallest absolute Gasteiger partial charge is 0.255 e. The zero-order chi connectivity index (χ0) is 19.4. The van der Waals surface area contributed by atoms with Gasteiger partial charge in [-0.05, 0) is 49.6 Å². The lowest BCUT2D eigenvalue weighted by molar-refractivity contribution is -0.136. The van der Waals surface area contributed by atoms with Gasteiger partial charge in [-0.2, -0.15) is 0 Å². The third-order valence-electron chi connectivity index (χ3n) is 5.36. The quantitative estimate of drug-likeness (QED) is 0.701. The number of phenols is 1. The molecule has 3 amide bonds. The first-order chi connectivity index (χ1) is 13.0. The molecule has 3 N–H and O–H groups in total. The van der Waals surface area contributed by atoms with Crippen molar-refractivity contribution in [2.45, 2.75) is 64.1 Å². The highest BCUT2D eigenvalue weighted by Gasteiger charge is 2.39. The number of phenolic OH excluding ortho intramolecular Hbond substituents is 1. The molecular formula is C20H27N3O4. The third-order valence-corrected chi connectivity index (χ3v) is 5.36. The van der Waals surface area contributed by atoms with Crippen molar-refractivity contribution >= 4 is 17.7 Å². The van der Waals surface area contributed by atoms with E-state index in [1.807, 2.05) is 0 Å². The first-order valence-electron chi connectivity index (χ1n) is 9.69. The largest absolute Gasteiger partial charge is 0.508 e. The van der Waals surface area contributed by atoms with Crippen molar-refractivity contribution in [3.63, 3.8) is 0 Å². The Hall–Kier alpha value is -2.41. The van der Waals surface area contributed by atoms with Crippen molar-refractivity contribution < 1.29 is 19.5 Å². The second-order valence-electron chi connectivity index (χ2n) is 7.28. The van der Waals surface area contributed by atoms with Crippen LogP contribution in [-0.2, 0) is 16.1 Å². The predicted molar refractivity (Wildman–Crippen MR) is 100 cm³/mol. The molecule has 1 saturated heterocycles. The topological polar surface area (TPSA) is 98.7 Å². The molecule has 1 aromatic rings. The number of nitrogens with one attached hydrogen (secondary N) is 2. The molecule has 7 nitrogen and oxygen atoms in total. The van der Waals surface area contributed by atoms with Gasteiger partial charge < -0.3 is 15.3 Å². The number of amides is 3. The Morgan fingerprint density at radius 2 is 1.93 bits per heavy atom. The van der Waals surface area contributed by atoms with Gasteiger partial charge >= 0.3 is 0 Å². The average Bonchev–Trinajstić information content (AvgIpc) is 3.24. The fourth-order valence-corrected chi connectivity index (χ4v) is 3.98. The number of hydrogen-bond donors (Lipinski definition) is 3. The van der Waals surface area contributed by atoms with E-state index < -0.39 is 11.9 Å². The number of benzene rings is 1. The molecule has 2 aliphatic heterocycles. The minimum absolute atomic E-state index is 0.0941. The summed E-state index contributed by atoms with van der Waals surface area (Å²) < 4.78 is 0. The van der Waals surface area contributed by atoms with Crippen LogP contribution in [0.5, 0.6) is 5.75 Å². The first-order valence-corrected chi connectivity index (χ1v) is 9.69. The molecule has 1 unspecified atom stereocenters. The first kappa shape index (κ1) is 19.4. The lowest BCUT2D eigenvalue weighted by Crippen LogP contribution is -2.52. The molecule has 0 radical (unpaired) electrons. The van der Waals surface area contributed by atoms with E-state index in [2.05, 4.69) is 17.6 Å². The van der Waals surface area contributed by atoms with Crippen molar-refractivity contribution in [1.29, 1.82) is 0 Å². The zero-order valence-electron chi connectivity index (χ0n) is 15.7. The summed E-state index contributed by atoms with van der Waals surface area (Å²) in [5.41, 5.74) is 1.21. The Bertz CT molecular complexity index is 728. The van der Waals surface area contributed by atoms with Crippen molar-refractivity contribution in [2.75, 3.05) is 6.54 Å². The van der Waals surface area contributed by atoms with E-state index in [0.717, 1.165) is 12.6 Å². The van der Waals surface area contributed by atoms with Crippen LogP contribution in [0.25, 0.3) is 0 Å². The molecule has 2 heterocycles. The Morgan fingerprint density at radius 3 is 2.59 bits per heavy atom. The summed E-state index contributed by atoms with van der Waals surface area (Å²) in [5.74, 6) is -0.870. The van der Waals surface area contributed by atoms with E-state index in [1.54, 1.807) is 6.07 Å². The molecule has 1 saturated carbocycles. The standard InChI is InChI=1S/C13H12N2O4.C7H15N/c16-8-1-2-9-7(5-8)6-15(13(9)19)10-3-4-11(17)14-12(10)18;1-2-8-7-5-3-4-6-7/h1-2,5,10,16H,3-4,6H2,(H,14,17,18);7-8H,2-6H2,1H3. The molecule has 0 aromatic heterocycles. The van der Waals surface area contributed by atoms with Gasteiger partial charge in [0.05, 0.1) is 0 Å². The molecule has 3 aliphatic rings. The summed E-state index contributed by atoms with van der Waals surface area (Å²) >= 11 is 0. The zero-order valence-corrected chi connectivity index (χ0v) is 15.7. The maximum atomic E-state index is 12.2. The van der Waals surface area contributed by atoms with Crippen molar-refractivity contribution in [3.05, 3.63) is 29.3 Å².